The van der Waals surface area contributed by atoms with Gasteiger partial charge in [0.25, 0.3) is 5.95 Å². The van der Waals surface area contributed by atoms with Crippen LogP contribution >= 0.6 is 0 Å². The maximum atomic E-state index is 4.70. The second-order valence-electron chi connectivity index (χ2n) is 0.930. The van der Waals surface area contributed by atoms with E-state index < -0.39 is 0 Å². The predicted molar refractivity (Wildman–Crippen MR) is 26.0 cm³/mol. The Morgan fingerprint density at radius 3 is 2.29 bits per heavy atom. The van der Waals surface area contributed by atoms with Crippen LogP contribution in [0.4, 0.5) is 0 Å². The third-order valence-corrected chi connectivity index (χ3v) is 0.553. The fraction of sp³-hybridized carbons (Fsp3) is 0.500. The molecule has 0 aromatic carbocycles. The standard InChI is InChI=1S/C4H9NO2/c1-3-4(6-2)7-5/h3H,5H2,1-2H3/b4-3+. The molecule has 0 bridgehead atoms. The van der Waals surface area contributed by atoms with Crippen LogP contribution in [0.3, 0.4) is 0 Å². The minimum Gasteiger partial charge on any atom is -0.468 e. The molecule has 0 saturated heterocycles. The average Bonchev–Trinajstić information content (AvgIpc) is 1.72. The molecule has 0 saturated carbocycles. The van der Waals surface area contributed by atoms with Crippen molar-refractivity contribution in [1.82, 2.24) is 0 Å². The molecule has 2 N–H and O–H groups in total. The monoisotopic (exact) mass is 103 g/mol. The lowest BCUT2D eigenvalue weighted by Crippen LogP contribution is -1.99. The van der Waals surface area contributed by atoms with Crippen molar-refractivity contribution in [2.75, 3.05) is 7.11 Å². The number of ether oxygens (including phenoxy) is 1. The molecule has 0 aliphatic rings. The molecule has 0 aromatic rings. The predicted octanol–water partition coefficient (Wildman–Crippen LogP) is 0.384. The normalized spacial score (nSPS) is 11.0. The van der Waals surface area contributed by atoms with Gasteiger partial charge in [-0.25, -0.2) is 0 Å². The fourth-order valence-electron chi connectivity index (χ4n) is 0.234. The van der Waals surface area contributed by atoms with Crippen molar-refractivity contribution in [1.29, 1.82) is 0 Å². The molecular weight excluding hydrogens is 94.0 g/mol. The van der Waals surface area contributed by atoms with E-state index in [1.54, 1.807) is 13.0 Å². The van der Waals surface area contributed by atoms with E-state index in [4.69, 9.17) is 5.90 Å². The molecule has 0 aliphatic heterocycles. The molecule has 0 radical (unpaired) electrons. The zero-order chi connectivity index (χ0) is 5.70. The smallest absolute Gasteiger partial charge is 0.294 e. The minimum atomic E-state index is 0.333. The van der Waals surface area contributed by atoms with E-state index in [1.807, 2.05) is 0 Å². The summed E-state index contributed by atoms with van der Waals surface area (Å²) in [5, 5.41) is 0. The molecule has 42 valence electrons. The summed E-state index contributed by atoms with van der Waals surface area (Å²) in [7, 11) is 1.49. The van der Waals surface area contributed by atoms with Gasteiger partial charge in [-0.2, -0.15) is 5.90 Å². The average molecular weight is 103 g/mol. The minimum absolute atomic E-state index is 0.333. The highest BCUT2D eigenvalue weighted by atomic mass is 16.7. The number of allylic oxidation sites excluding steroid dienone is 1. The van der Waals surface area contributed by atoms with E-state index >= 15 is 0 Å². The third-order valence-electron chi connectivity index (χ3n) is 0.553. The van der Waals surface area contributed by atoms with Crippen LogP contribution in [0.2, 0.25) is 0 Å². The van der Waals surface area contributed by atoms with E-state index in [-0.39, 0.29) is 0 Å². The highest BCUT2D eigenvalue weighted by molar-refractivity contribution is 4.76. The van der Waals surface area contributed by atoms with E-state index in [2.05, 4.69) is 9.57 Å². The van der Waals surface area contributed by atoms with E-state index in [0.29, 0.717) is 5.95 Å². The Kier molecular flexibility index (Phi) is 3.14. The molecule has 0 spiro atoms. The molecule has 0 amide bonds. The lowest BCUT2D eigenvalue weighted by molar-refractivity contribution is 0.0617. The largest absolute Gasteiger partial charge is 0.468 e. The van der Waals surface area contributed by atoms with Crippen LogP contribution in [-0.2, 0) is 9.57 Å². The molecule has 0 aliphatic carbocycles. The van der Waals surface area contributed by atoms with Crippen molar-refractivity contribution in [2.45, 2.75) is 6.92 Å². The van der Waals surface area contributed by atoms with Gasteiger partial charge in [0.2, 0.25) is 0 Å². The summed E-state index contributed by atoms with van der Waals surface area (Å²) in [6.45, 7) is 1.77. The molecule has 3 nitrogen and oxygen atoms in total. The zero-order valence-electron chi connectivity index (χ0n) is 4.47. The van der Waals surface area contributed by atoms with Gasteiger partial charge in [0.15, 0.2) is 0 Å². The molecule has 0 rings (SSSR count). The van der Waals surface area contributed by atoms with Crippen molar-refractivity contribution < 1.29 is 9.57 Å². The van der Waals surface area contributed by atoms with Gasteiger partial charge in [-0.05, 0) is 13.0 Å². The molecule has 0 fully saturated rings. The number of nitrogens with two attached hydrogens (primary N) is 1. The van der Waals surface area contributed by atoms with Crippen molar-refractivity contribution in [3.05, 3.63) is 12.0 Å². The summed E-state index contributed by atoms with van der Waals surface area (Å²) in [5.41, 5.74) is 0. The fourth-order valence-corrected chi connectivity index (χ4v) is 0.234. The van der Waals surface area contributed by atoms with Crippen molar-refractivity contribution in [3.63, 3.8) is 0 Å². The first-order valence-corrected chi connectivity index (χ1v) is 1.92. The Bertz CT molecular complexity index is 64.1. The Morgan fingerprint density at radius 2 is 2.29 bits per heavy atom. The number of methoxy groups -OCH3 is 1. The van der Waals surface area contributed by atoms with Crippen LogP contribution in [-0.4, -0.2) is 7.11 Å². The van der Waals surface area contributed by atoms with Gasteiger partial charge in [-0.1, -0.05) is 0 Å². The van der Waals surface area contributed by atoms with E-state index in [9.17, 15) is 0 Å². The first-order valence-electron chi connectivity index (χ1n) is 1.92. The van der Waals surface area contributed by atoms with Crippen LogP contribution in [0.1, 0.15) is 6.92 Å². The van der Waals surface area contributed by atoms with Crippen LogP contribution in [0.15, 0.2) is 12.0 Å². The zero-order valence-corrected chi connectivity index (χ0v) is 4.47. The summed E-state index contributed by atoms with van der Waals surface area (Å²) in [4.78, 5) is 4.19. The first-order chi connectivity index (χ1) is 3.35. The third kappa shape index (κ3) is 2.05. The Hall–Kier alpha value is -0.700. The van der Waals surface area contributed by atoms with Crippen molar-refractivity contribution in [3.8, 4) is 0 Å². The highest BCUT2D eigenvalue weighted by Crippen LogP contribution is 1.89. The Balaban J connectivity index is 3.38. The maximum Gasteiger partial charge on any atom is 0.294 e. The highest BCUT2D eigenvalue weighted by Gasteiger charge is 1.84. The molecule has 0 atom stereocenters. The van der Waals surface area contributed by atoms with Gasteiger partial charge < -0.3 is 9.57 Å². The van der Waals surface area contributed by atoms with Gasteiger partial charge in [0.05, 0.1) is 7.11 Å². The lowest BCUT2D eigenvalue weighted by atomic mass is 10.7. The van der Waals surface area contributed by atoms with Gasteiger partial charge in [-0.15, -0.1) is 0 Å². The van der Waals surface area contributed by atoms with Crippen LogP contribution in [0, 0.1) is 0 Å². The molecule has 0 unspecified atom stereocenters. The lowest BCUT2D eigenvalue weighted by Gasteiger charge is -1.98. The van der Waals surface area contributed by atoms with Gasteiger partial charge in [0, 0.05) is 0 Å². The topological polar surface area (TPSA) is 44.5 Å². The molecular formula is C4H9NO2. The van der Waals surface area contributed by atoms with Crippen molar-refractivity contribution in [2.24, 2.45) is 5.90 Å². The number of hydrogen-bond donors (Lipinski definition) is 1. The molecule has 0 heterocycles. The van der Waals surface area contributed by atoms with Crippen molar-refractivity contribution >= 4 is 0 Å². The molecule has 3 heteroatoms. The Morgan fingerprint density at radius 1 is 1.71 bits per heavy atom. The Labute approximate surface area is 42.7 Å². The summed E-state index contributed by atoms with van der Waals surface area (Å²) in [5.74, 6) is 5.03. The second-order valence-corrected chi connectivity index (χ2v) is 0.930. The van der Waals surface area contributed by atoms with Gasteiger partial charge >= 0.3 is 0 Å². The van der Waals surface area contributed by atoms with Crippen LogP contribution in [0.25, 0.3) is 0 Å². The molecule has 0 aromatic heterocycles. The second kappa shape index (κ2) is 3.49. The summed E-state index contributed by atoms with van der Waals surface area (Å²) >= 11 is 0. The maximum absolute atomic E-state index is 4.70. The molecule has 7 heavy (non-hydrogen) atoms. The summed E-state index contributed by atoms with van der Waals surface area (Å²) in [6, 6.07) is 0. The van der Waals surface area contributed by atoms with E-state index in [0.717, 1.165) is 0 Å². The summed E-state index contributed by atoms with van der Waals surface area (Å²) < 4.78 is 4.56. The quantitative estimate of drug-likeness (QED) is 0.406. The van der Waals surface area contributed by atoms with Crippen LogP contribution < -0.4 is 5.90 Å². The SMILES string of the molecule is C/C=C(\OC)ON. The van der Waals surface area contributed by atoms with Gasteiger partial charge in [-0.3, -0.25) is 0 Å². The van der Waals surface area contributed by atoms with E-state index in [1.165, 1.54) is 7.11 Å². The number of hydrogen-bond acceptors (Lipinski definition) is 3. The number of rotatable bonds is 2. The van der Waals surface area contributed by atoms with Gasteiger partial charge in [0.1, 0.15) is 0 Å². The first kappa shape index (κ1) is 6.30. The summed E-state index contributed by atoms with van der Waals surface area (Å²) in [6.07, 6.45) is 1.62. The van der Waals surface area contributed by atoms with Crippen LogP contribution in [0.5, 0.6) is 0 Å².